The molecular weight excluding hydrogens is 216 g/mol. The zero-order chi connectivity index (χ0) is 12.7. The highest BCUT2D eigenvalue weighted by Gasteiger charge is 2.26. The van der Waals surface area contributed by atoms with E-state index < -0.39 is 5.41 Å². The molecule has 0 heterocycles. The lowest BCUT2D eigenvalue weighted by atomic mass is 9.91. The molecule has 0 unspecified atom stereocenters. The Morgan fingerprint density at radius 3 is 2.41 bits per heavy atom. The summed E-state index contributed by atoms with van der Waals surface area (Å²) in [5, 5.41) is 0. The van der Waals surface area contributed by atoms with Gasteiger partial charge in [0.15, 0.2) is 0 Å². The number of hydrogen-bond acceptors (Lipinski definition) is 3. The Hall–Kier alpha value is -1.51. The molecule has 0 aliphatic carbocycles. The Kier molecular flexibility index (Phi) is 5.01. The van der Waals surface area contributed by atoms with Crippen molar-refractivity contribution in [3.63, 3.8) is 0 Å². The highest BCUT2D eigenvalue weighted by molar-refractivity contribution is 5.75. The molecule has 94 valence electrons. The van der Waals surface area contributed by atoms with Crippen molar-refractivity contribution in [1.29, 1.82) is 0 Å². The number of benzene rings is 1. The first-order chi connectivity index (χ1) is 8.06. The van der Waals surface area contributed by atoms with Crippen LogP contribution in [0.15, 0.2) is 30.3 Å². The second-order valence-electron chi connectivity index (χ2n) is 4.53. The van der Waals surface area contributed by atoms with E-state index in [0.29, 0.717) is 6.61 Å². The summed E-state index contributed by atoms with van der Waals surface area (Å²) in [7, 11) is 0. The summed E-state index contributed by atoms with van der Waals surface area (Å²) in [6, 6.07) is 9.48. The van der Waals surface area contributed by atoms with Crippen molar-refractivity contribution in [2.75, 3.05) is 13.2 Å². The zero-order valence-electron chi connectivity index (χ0n) is 10.7. The van der Waals surface area contributed by atoms with Crippen molar-refractivity contribution in [2.24, 2.45) is 5.41 Å². The highest BCUT2D eigenvalue weighted by Crippen LogP contribution is 2.21. The van der Waals surface area contributed by atoms with Gasteiger partial charge >= 0.3 is 5.97 Å². The van der Waals surface area contributed by atoms with Gasteiger partial charge in [-0.05, 0) is 32.4 Å². The Balaban J connectivity index is 2.23. The highest BCUT2D eigenvalue weighted by atomic mass is 16.6. The maximum Gasteiger partial charge on any atom is 0.311 e. The van der Waals surface area contributed by atoms with Crippen LogP contribution in [0.1, 0.15) is 27.2 Å². The van der Waals surface area contributed by atoms with Crippen LogP contribution in [0.25, 0.3) is 0 Å². The molecule has 3 nitrogen and oxygen atoms in total. The van der Waals surface area contributed by atoms with E-state index in [1.165, 1.54) is 0 Å². The lowest BCUT2D eigenvalue weighted by Gasteiger charge is -2.20. The van der Waals surface area contributed by atoms with Crippen LogP contribution in [0.5, 0.6) is 5.75 Å². The molecule has 0 atom stereocenters. The van der Waals surface area contributed by atoms with Crippen LogP contribution in [-0.2, 0) is 9.53 Å². The van der Waals surface area contributed by atoms with Crippen LogP contribution < -0.4 is 4.74 Å². The molecule has 0 amide bonds. The van der Waals surface area contributed by atoms with Crippen molar-refractivity contribution in [3.8, 4) is 5.75 Å². The van der Waals surface area contributed by atoms with Gasteiger partial charge in [-0.15, -0.1) is 0 Å². The lowest BCUT2D eigenvalue weighted by molar-refractivity contribution is -0.154. The molecule has 0 aromatic heterocycles. The number of carbonyl (C=O) groups is 1. The minimum absolute atomic E-state index is 0.170. The average Bonchev–Trinajstić information content (AvgIpc) is 2.35. The van der Waals surface area contributed by atoms with E-state index in [2.05, 4.69) is 0 Å². The molecular formula is C14H20O3. The summed E-state index contributed by atoms with van der Waals surface area (Å²) >= 11 is 0. The monoisotopic (exact) mass is 236 g/mol. The van der Waals surface area contributed by atoms with Crippen molar-refractivity contribution < 1.29 is 14.3 Å². The zero-order valence-corrected chi connectivity index (χ0v) is 10.7. The predicted octanol–water partition coefficient (Wildman–Crippen LogP) is 3.04. The molecule has 0 fully saturated rings. The first-order valence-corrected chi connectivity index (χ1v) is 5.91. The fourth-order valence-electron chi connectivity index (χ4n) is 1.15. The molecule has 1 rings (SSSR count). The Bertz CT molecular complexity index is 344. The van der Waals surface area contributed by atoms with Gasteiger partial charge in [0.1, 0.15) is 19.0 Å². The largest absolute Gasteiger partial charge is 0.490 e. The standard InChI is InChI=1S/C14H20O3/c1-4-14(2,3)13(15)17-11-10-16-12-8-6-5-7-9-12/h5-9H,4,10-11H2,1-3H3. The van der Waals surface area contributed by atoms with Gasteiger partial charge < -0.3 is 9.47 Å². The van der Waals surface area contributed by atoms with E-state index in [1.807, 2.05) is 51.1 Å². The SMILES string of the molecule is CCC(C)(C)C(=O)OCCOc1ccccc1. The molecule has 0 aliphatic rings. The number of ether oxygens (including phenoxy) is 2. The van der Waals surface area contributed by atoms with Gasteiger partial charge in [0.25, 0.3) is 0 Å². The summed E-state index contributed by atoms with van der Waals surface area (Å²) in [5.41, 5.74) is -0.410. The third-order valence-electron chi connectivity index (χ3n) is 2.76. The van der Waals surface area contributed by atoms with E-state index in [0.717, 1.165) is 12.2 Å². The summed E-state index contributed by atoms with van der Waals surface area (Å²) in [4.78, 5) is 11.6. The molecule has 3 heteroatoms. The van der Waals surface area contributed by atoms with E-state index in [1.54, 1.807) is 0 Å². The summed E-state index contributed by atoms with van der Waals surface area (Å²) in [6.45, 7) is 6.41. The molecule has 1 aromatic rings. The lowest BCUT2D eigenvalue weighted by Crippen LogP contribution is -2.27. The van der Waals surface area contributed by atoms with Gasteiger partial charge in [-0.3, -0.25) is 4.79 Å². The normalized spacial score (nSPS) is 11.0. The Morgan fingerprint density at radius 1 is 1.18 bits per heavy atom. The Labute approximate surface area is 103 Å². The maximum atomic E-state index is 11.6. The average molecular weight is 236 g/mol. The van der Waals surface area contributed by atoms with Crippen molar-refractivity contribution in [3.05, 3.63) is 30.3 Å². The fourth-order valence-corrected chi connectivity index (χ4v) is 1.15. The van der Waals surface area contributed by atoms with Gasteiger partial charge in [0, 0.05) is 0 Å². The number of rotatable bonds is 6. The van der Waals surface area contributed by atoms with Crippen LogP contribution in [0.3, 0.4) is 0 Å². The molecule has 0 aliphatic heterocycles. The van der Waals surface area contributed by atoms with Crippen molar-refractivity contribution in [1.82, 2.24) is 0 Å². The second kappa shape index (κ2) is 6.28. The van der Waals surface area contributed by atoms with Crippen molar-refractivity contribution in [2.45, 2.75) is 27.2 Å². The molecule has 1 aromatic carbocycles. The van der Waals surface area contributed by atoms with Crippen LogP contribution in [0.4, 0.5) is 0 Å². The maximum absolute atomic E-state index is 11.6. The van der Waals surface area contributed by atoms with Crippen LogP contribution in [-0.4, -0.2) is 19.2 Å². The molecule has 0 saturated heterocycles. The van der Waals surface area contributed by atoms with Gasteiger partial charge in [0.05, 0.1) is 5.41 Å². The topological polar surface area (TPSA) is 35.5 Å². The fraction of sp³-hybridized carbons (Fsp3) is 0.500. The summed E-state index contributed by atoms with van der Waals surface area (Å²) in [5.74, 6) is 0.620. The minimum Gasteiger partial charge on any atom is -0.490 e. The number of hydrogen-bond donors (Lipinski definition) is 0. The predicted molar refractivity (Wildman–Crippen MR) is 67.0 cm³/mol. The van der Waals surface area contributed by atoms with Gasteiger partial charge in [-0.1, -0.05) is 25.1 Å². The first kappa shape index (κ1) is 13.6. The van der Waals surface area contributed by atoms with Gasteiger partial charge in [-0.2, -0.15) is 0 Å². The van der Waals surface area contributed by atoms with E-state index >= 15 is 0 Å². The smallest absolute Gasteiger partial charge is 0.311 e. The van der Waals surface area contributed by atoms with E-state index in [-0.39, 0.29) is 12.6 Å². The van der Waals surface area contributed by atoms with Crippen LogP contribution in [0, 0.1) is 5.41 Å². The third-order valence-corrected chi connectivity index (χ3v) is 2.76. The third kappa shape index (κ3) is 4.47. The molecule has 0 radical (unpaired) electrons. The number of carbonyl (C=O) groups excluding carboxylic acids is 1. The van der Waals surface area contributed by atoms with Crippen LogP contribution in [0.2, 0.25) is 0 Å². The molecule has 0 saturated carbocycles. The molecule has 17 heavy (non-hydrogen) atoms. The van der Waals surface area contributed by atoms with Gasteiger partial charge in [-0.25, -0.2) is 0 Å². The van der Waals surface area contributed by atoms with E-state index in [9.17, 15) is 4.79 Å². The Morgan fingerprint density at radius 2 is 1.82 bits per heavy atom. The first-order valence-electron chi connectivity index (χ1n) is 5.91. The van der Waals surface area contributed by atoms with E-state index in [4.69, 9.17) is 9.47 Å². The van der Waals surface area contributed by atoms with Crippen LogP contribution >= 0.6 is 0 Å². The molecule has 0 bridgehead atoms. The number of esters is 1. The second-order valence-corrected chi connectivity index (χ2v) is 4.53. The summed E-state index contributed by atoms with van der Waals surface area (Å²) in [6.07, 6.45) is 0.769. The molecule has 0 spiro atoms. The summed E-state index contributed by atoms with van der Waals surface area (Å²) < 4.78 is 10.6. The van der Waals surface area contributed by atoms with Gasteiger partial charge in [0.2, 0.25) is 0 Å². The van der Waals surface area contributed by atoms with Crippen molar-refractivity contribution >= 4 is 5.97 Å². The minimum atomic E-state index is -0.410. The quantitative estimate of drug-likeness (QED) is 0.562. The molecule has 0 N–H and O–H groups in total. The number of para-hydroxylation sites is 1.